The number of aromatic nitrogens is 1. The topological polar surface area (TPSA) is 72.4 Å². The molecular formula is C17H14BrNO4. The Bertz CT molecular complexity index is 1000. The maximum atomic E-state index is 12.9. The summed E-state index contributed by atoms with van der Waals surface area (Å²) in [7, 11) is 0. The van der Waals surface area contributed by atoms with E-state index in [2.05, 4.69) is 15.9 Å². The summed E-state index contributed by atoms with van der Waals surface area (Å²) in [6.07, 6.45) is 0. The summed E-state index contributed by atoms with van der Waals surface area (Å²) in [5.41, 5.74) is 0.388. The van der Waals surface area contributed by atoms with Crippen LogP contribution in [0.25, 0.3) is 22.2 Å². The Balaban J connectivity index is 2.52. The molecular weight excluding hydrogens is 362 g/mol. The van der Waals surface area contributed by atoms with Crippen LogP contribution in [0.5, 0.6) is 5.75 Å². The maximum Gasteiger partial charge on any atom is 0.354 e. The van der Waals surface area contributed by atoms with Gasteiger partial charge in [-0.1, -0.05) is 30.3 Å². The molecule has 0 atom stereocenters. The zero-order chi connectivity index (χ0) is 16.7. The number of hydrogen-bond acceptors (Lipinski definition) is 4. The van der Waals surface area contributed by atoms with E-state index in [1.54, 1.807) is 10.6 Å². The van der Waals surface area contributed by atoms with Gasteiger partial charge in [-0.3, -0.25) is 4.79 Å². The SMILES string of the molecule is CC(C)n1c(-c2ccccc2)cc2oc(=O)c(Br)c(O)c2c1=O. The van der Waals surface area contributed by atoms with Gasteiger partial charge in [-0.2, -0.15) is 0 Å². The van der Waals surface area contributed by atoms with Crippen molar-refractivity contribution in [3.8, 4) is 17.0 Å². The molecule has 23 heavy (non-hydrogen) atoms. The normalized spacial score (nSPS) is 11.3. The van der Waals surface area contributed by atoms with E-state index >= 15 is 0 Å². The number of benzene rings is 1. The molecule has 3 aromatic rings. The molecule has 2 aromatic heterocycles. The van der Waals surface area contributed by atoms with Crippen molar-refractivity contribution >= 4 is 26.9 Å². The average Bonchev–Trinajstić information content (AvgIpc) is 2.52. The molecule has 1 aromatic carbocycles. The van der Waals surface area contributed by atoms with Crippen molar-refractivity contribution in [2.45, 2.75) is 19.9 Å². The van der Waals surface area contributed by atoms with Crippen LogP contribution in [0.4, 0.5) is 0 Å². The standard InChI is InChI=1S/C17H14BrNO4/c1-9(2)19-11(10-6-4-3-5-7-10)8-12-13(16(19)21)15(20)14(18)17(22)23-12/h3-9,20H,1-2H3. The number of nitrogens with zero attached hydrogens (tertiary/aromatic N) is 1. The monoisotopic (exact) mass is 375 g/mol. The summed E-state index contributed by atoms with van der Waals surface area (Å²) in [6, 6.07) is 10.8. The zero-order valence-corrected chi connectivity index (χ0v) is 14.1. The van der Waals surface area contributed by atoms with E-state index in [0.717, 1.165) is 5.56 Å². The summed E-state index contributed by atoms with van der Waals surface area (Å²) in [5, 5.41) is 10.2. The fourth-order valence-corrected chi connectivity index (χ4v) is 2.87. The average molecular weight is 376 g/mol. The molecule has 118 valence electrons. The van der Waals surface area contributed by atoms with Crippen LogP contribution in [0, 0.1) is 0 Å². The first kappa shape index (κ1) is 15.6. The van der Waals surface area contributed by atoms with Crippen LogP contribution in [0.15, 0.2) is 54.9 Å². The van der Waals surface area contributed by atoms with Gasteiger partial charge >= 0.3 is 5.63 Å². The molecule has 0 unspecified atom stereocenters. The highest BCUT2D eigenvalue weighted by Crippen LogP contribution is 2.31. The predicted octanol–water partition coefficient (Wildman–Crippen LogP) is 3.67. The molecule has 0 saturated heterocycles. The number of hydrogen-bond donors (Lipinski definition) is 1. The third-order valence-corrected chi connectivity index (χ3v) is 4.32. The van der Waals surface area contributed by atoms with Crippen molar-refractivity contribution in [3.05, 3.63) is 61.6 Å². The lowest BCUT2D eigenvalue weighted by Gasteiger charge is -2.17. The van der Waals surface area contributed by atoms with Crippen LogP contribution >= 0.6 is 15.9 Å². The molecule has 0 bridgehead atoms. The molecule has 0 amide bonds. The van der Waals surface area contributed by atoms with Crippen molar-refractivity contribution in [3.63, 3.8) is 0 Å². The van der Waals surface area contributed by atoms with E-state index < -0.39 is 16.9 Å². The fraction of sp³-hybridized carbons (Fsp3) is 0.176. The highest BCUT2D eigenvalue weighted by atomic mass is 79.9. The Hall–Kier alpha value is -2.34. The lowest BCUT2D eigenvalue weighted by Crippen LogP contribution is -2.24. The summed E-state index contributed by atoms with van der Waals surface area (Å²) >= 11 is 2.96. The van der Waals surface area contributed by atoms with E-state index in [1.165, 1.54) is 0 Å². The van der Waals surface area contributed by atoms with Gasteiger partial charge in [-0.15, -0.1) is 0 Å². The first-order valence-corrected chi connectivity index (χ1v) is 7.87. The van der Waals surface area contributed by atoms with Crippen LogP contribution in [0.2, 0.25) is 0 Å². The lowest BCUT2D eigenvalue weighted by atomic mass is 10.1. The van der Waals surface area contributed by atoms with Crippen molar-refractivity contribution < 1.29 is 9.52 Å². The van der Waals surface area contributed by atoms with Crippen LogP contribution in [0.3, 0.4) is 0 Å². The Morgan fingerprint density at radius 1 is 1.17 bits per heavy atom. The van der Waals surface area contributed by atoms with Gasteiger partial charge in [0.05, 0.1) is 5.69 Å². The molecule has 1 N–H and O–H groups in total. The van der Waals surface area contributed by atoms with Gasteiger partial charge in [0.15, 0.2) is 5.75 Å². The Morgan fingerprint density at radius 2 is 1.83 bits per heavy atom. The van der Waals surface area contributed by atoms with Gasteiger partial charge in [0, 0.05) is 12.1 Å². The van der Waals surface area contributed by atoms with Crippen LogP contribution < -0.4 is 11.2 Å². The van der Waals surface area contributed by atoms with Gasteiger partial charge < -0.3 is 14.1 Å². The highest BCUT2D eigenvalue weighted by Gasteiger charge is 2.20. The number of aromatic hydroxyl groups is 1. The van der Waals surface area contributed by atoms with Crippen molar-refractivity contribution in [1.82, 2.24) is 4.57 Å². The van der Waals surface area contributed by atoms with E-state index in [1.807, 2.05) is 44.2 Å². The molecule has 0 aliphatic heterocycles. The molecule has 6 heteroatoms. The number of fused-ring (bicyclic) bond motifs is 1. The minimum Gasteiger partial charge on any atom is -0.506 e. The Labute approximate surface area is 139 Å². The van der Waals surface area contributed by atoms with Gasteiger partial charge in [0.1, 0.15) is 15.4 Å². The molecule has 0 aliphatic carbocycles. The third kappa shape index (κ3) is 2.49. The van der Waals surface area contributed by atoms with E-state index in [4.69, 9.17) is 4.42 Å². The molecule has 2 heterocycles. The molecule has 0 aliphatic rings. The fourth-order valence-electron chi connectivity index (χ4n) is 2.59. The molecule has 0 saturated carbocycles. The minimum absolute atomic E-state index is 0.00939. The Kier molecular flexibility index (Phi) is 3.85. The van der Waals surface area contributed by atoms with E-state index in [-0.39, 0.29) is 21.5 Å². The summed E-state index contributed by atoms with van der Waals surface area (Å²) in [5.74, 6) is -0.393. The van der Waals surface area contributed by atoms with Crippen LogP contribution in [0.1, 0.15) is 19.9 Å². The second-order valence-corrected chi connectivity index (χ2v) is 6.25. The summed E-state index contributed by atoms with van der Waals surface area (Å²) in [4.78, 5) is 24.6. The van der Waals surface area contributed by atoms with Crippen molar-refractivity contribution in [2.75, 3.05) is 0 Å². The number of halogens is 1. The van der Waals surface area contributed by atoms with Crippen molar-refractivity contribution in [1.29, 1.82) is 0 Å². The van der Waals surface area contributed by atoms with Gasteiger partial charge in [-0.05, 0) is 35.3 Å². The predicted molar refractivity (Wildman–Crippen MR) is 91.9 cm³/mol. The molecule has 3 rings (SSSR count). The first-order chi connectivity index (χ1) is 10.9. The van der Waals surface area contributed by atoms with Gasteiger partial charge in [0.2, 0.25) is 0 Å². The molecule has 0 radical (unpaired) electrons. The zero-order valence-electron chi connectivity index (χ0n) is 12.5. The van der Waals surface area contributed by atoms with E-state index in [0.29, 0.717) is 5.69 Å². The minimum atomic E-state index is -0.726. The van der Waals surface area contributed by atoms with Crippen LogP contribution in [-0.2, 0) is 0 Å². The Morgan fingerprint density at radius 3 is 2.43 bits per heavy atom. The maximum absolute atomic E-state index is 12.9. The van der Waals surface area contributed by atoms with Crippen molar-refractivity contribution in [2.24, 2.45) is 0 Å². The van der Waals surface area contributed by atoms with Gasteiger partial charge in [0.25, 0.3) is 5.56 Å². The third-order valence-electron chi connectivity index (χ3n) is 3.62. The second kappa shape index (κ2) is 5.70. The quantitative estimate of drug-likeness (QED) is 0.741. The molecule has 0 spiro atoms. The van der Waals surface area contributed by atoms with Gasteiger partial charge in [-0.25, -0.2) is 4.79 Å². The first-order valence-electron chi connectivity index (χ1n) is 7.08. The highest BCUT2D eigenvalue weighted by molar-refractivity contribution is 9.10. The summed E-state index contributed by atoms with van der Waals surface area (Å²) < 4.78 is 6.60. The smallest absolute Gasteiger partial charge is 0.354 e. The molecule has 5 nitrogen and oxygen atoms in total. The molecule has 0 fully saturated rings. The summed E-state index contributed by atoms with van der Waals surface area (Å²) in [6.45, 7) is 3.76. The number of rotatable bonds is 2. The number of pyridine rings is 1. The van der Waals surface area contributed by atoms with E-state index in [9.17, 15) is 14.7 Å². The largest absolute Gasteiger partial charge is 0.506 e. The second-order valence-electron chi connectivity index (χ2n) is 5.46. The lowest BCUT2D eigenvalue weighted by molar-refractivity contribution is 0.460. The van der Waals surface area contributed by atoms with Crippen LogP contribution in [-0.4, -0.2) is 9.67 Å².